The normalized spacial score (nSPS) is 10.4. The lowest BCUT2D eigenvalue weighted by Gasteiger charge is -2.11. The Balaban J connectivity index is 1.85. The first-order valence-electron chi connectivity index (χ1n) is 7.13. The lowest BCUT2D eigenvalue weighted by molar-refractivity contribution is -0.120. The molecule has 1 aromatic heterocycles. The molecule has 0 atom stereocenters. The molecule has 0 fully saturated rings. The van der Waals surface area contributed by atoms with E-state index < -0.39 is 0 Å². The zero-order valence-corrected chi connectivity index (χ0v) is 12.8. The number of amides is 1. The number of methoxy groups -OCH3 is 1. The Kier molecular flexibility index (Phi) is 5.04. The minimum atomic E-state index is 0.0157. The predicted octanol–water partition coefficient (Wildman–Crippen LogP) is 2.47. The first kappa shape index (κ1) is 15.2. The molecule has 2 rings (SSSR count). The van der Waals surface area contributed by atoms with E-state index in [2.05, 4.69) is 35.9 Å². The van der Waals surface area contributed by atoms with Gasteiger partial charge in [0.1, 0.15) is 5.75 Å². The highest BCUT2D eigenvalue weighted by atomic mass is 16.5. The Hall–Kier alpha value is -2.23. The average Bonchev–Trinajstić information content (AvgIpc) is 2.79. The Bertz CT molecular complexity index is 598. The van der Waals surface area contributed by atoms with Crippen LogP contribution in [0, 0.1) is 13.8 Å². The minimum absolute atomic E-state index is 0.0157. The molecule has 4 heteroatoms. The summed E-state index contributed by atoms with van der Waals surface area (Å²) in [6.45, 7) is 5.57. The molecule has 0 aliphatic carbocycles. The van der Waals surface area contributed by atoms with Crippen molar-refractivity contribution in [3.63, 3.8) is 0 Å². The lowest BCUT2D eigenvalue weighted by atomic mass is 10.1. The smallest absolute Gasteiger partial charge is 0.224 e. The number of rotatable bonds is 6. The molecule has 112 valence electrons. The monoisotopic (exact) mass is 286 g/mol. The van der Waals surface area contributed by atoms with E-state index in [1.165, 1.54) is 11.4 Å². The number of ether oxygens (including phenoxy) is 1. The van der Waals surface area contributed by atoms with Crippen LogP contribution in [-0.4, -0.2) is 24.1 Å². The van der Waals surface area contributed by atoms with Crippen LogP contribution in [0.3, 0.4) is 0 Å². The molecule has 0 aliphatic heterocycles. The van der Waals surface area contributed by atoms with Gasteiger partial charge in [-0.05, 0) is 32.0 Å². The highest BCUT2D eigenvalue weighted by Crippen LogP contribution is 2.17. The van der Waals surface area contributed by atoms with Gasteiger partial charge < -0.3 is 14.6 Å². The van der Waals surface area contributed by atoms with Gasteiger partial charge in [0.2, 0.25) is 5.91 Å². The number of hydrogen-bond donors (Lipinski definition) is 1. The van der Waals surface area contributed by atoms with Gasteiger partial charge in [0.25, 0.3) is 0 Å². The Morgan fingerprint density at radius 2 is 1.81 bits per heavy atom. The second kappa shape index (κ2) is 6.97. The van der Waals surface area contributed by atoms with Crippen molar-refractivity contribution < 1.29 is 9.53 Å². The molecule has 0 saturated heterocycles. The second-order valence-electron chi connectivity index (χ2n) is 5.11. The number of aryl methyl sites for hydroxylation is 2. The van der Waals surface area contributed by atoms with Crippen molar-refractivity contribution in [2.45, 2.75) is 26.8 Å². The van der Waals surface area contributed by atoms with E-state index in [1.54, 1.807) is 7.11 Å². The number of para-hydroxylation sites is 1. The Morgan fingerprint density at radius 3 is 2.48 bits per heavy atom. The van der Waals surface area contributed by atoms with Crippen LogP contribution in [0.5, 0.6) is 5.75 Å². The first-order chi connectivity index (χ1) is 10.1. The molecule has 1 aromatic carbocycles. The molecular weight excluding hydrogens is 264 g/mol. The van der Waals surface area contributed by atoms with Crippen LogP contribution in [0.4, 0.5) is 0 Å². The van der Waals surface area contributed by atoms with Crippen molar-refractivity contribution in [3.8, 4) is 5.75 Å². The standard InChI is InChI=1S/C17H22N2O2/c1-13-8-9-14(2)19(13)11-10-18-17(20)12-15-6-4-5-7-16(15)21-3/h4-9H,10-12H2,1-3H3,(H,18,20). The Morgan fingerprint density at radius 1 is 1.14 bits per heavy atom. The van der Waals surface area contributed by atoms with E-state index in [0.717, 1.165) is 17.9 Å². The molecular formula is C17H22N2O2. The quantitative estimate of drug-likeness (QED) is 0.886. The van der Waals surface area contributed by atoms with Crippen molar-refractivity contribution in [2.75, 3.05) is 13.7 Å². The van der Waals surface area contributed by atoms with Gasteiger partial charge in [-0.1, -0.05) is 18.2 Å². The number of carbonyl (C=O) groups is 1. The molecule has 0 spiro atoms. The maximum absolute atomic E-state index is 12.0. The second-order valence-corrected chi connectivity index (χ2v) is 5.11. The SMILES string of the molecule is COc1ccccc1CC(=O)NCCn1c(C)ccc1C. The molecule has 1 N–H and O–H groups in total. The molecule has 4 nitrogen and oxygen atoms in total. The van der Waals surface area contributed by atoms with E-state index in [-0.39, 0.29) is 5.91 Å². The van der Waals surface area contributed by atoms with Crippen LogP contribution in [0.1, 0.15) is 17.0 Å². The highest BCUT2D eigenvalue weighted by molar-refractivity contribution is 5.79. The van der Waals surface area contributed by atoms with E-state index >= 15 is 0 Å². The van der Waals surface area contributed by atoms with Crippen molar-refractivity contribution in [3.05, 3.63) is 53.3 Å². The van der Waals surface area contributed by atoms with Gasteiger partial charge in [0, 0.05) is 30.0 Å². The zero-order chi connectivity index (χ0) is 15.2. The van der Waals surface area contributed by atoms with Gasteiger partial charge in [-0.25, -0.2) is 0 Å². The fraction of sp³-hybridized carbons (Fsp3) is 0.353. The fourth-order valence-corrected chi connectivity index (χ4v) is 2.44. The largest absolute Gasteiger partial charge is 0.496 e. The Labute approximate surface area is 125 Å². The molecule has 0 unspecified atom stereocenters. The number of hydrogen-bond acceptors (Lipinski definition) is 2. The van der Waals surface area contributed by atoms with E-state index in [4.69, 9.17) is 4.74 Å². The van der Waals surface area contributed by atoms with Crippen molar-refractivity contribution in [1.29, 1.82) is 0 Å². The molecule has 0 saturated carbocycles. The number of benzene rings is 1. The van der Waals surface area contributed by atoms with Crippen molar-refractivity contribution in [2.24, 2.45) is 0 Å². The molecule has 0 aliphatic rings. The van der Waals surface area contributed by atoms with Crippen molar-refractivity contribution in [1.82, 2.24) is 9.88 Å². The molecule has 2 aromatic rings. The van der Waals surface area contributed by atoms with Crippen LogP contribution in [0.2, 0.25) is 0 Å². The highest BCUT2D eigenvalue weighted by Gasteiger charge is 2.08. The summed E-state index contributed by atoms with van der Waals surface area (Å²) in [5.74, 6) is 0.770. The zero-order valence-electron chi connectivity index (χ0n) is 12.8. The molecule has 1 amide bonds. The van der Waals surface area contributed by atoms with Crippen LogP contribution in [0.15, 0.2) is 36.4 Å². The van der Waals surface area contributed by atoms with Crippen LogP contribution in [-0.2, 0) is 17.8 Å². The van der Waals surface area contributed by atoms with E-state index in [9.17, 15) is 4.79 Å². The number of nitrogens with zero attached hydrogens (tertiary/aromatic N) is 1. The first-order valence-corrected chi connectivity index (χ1v) is 7.13. The molecule has 1 heterocycles. The minimum Gasteiger partial charge on any atom is -0.496 e. The maximum atomic E-state index is 12.0. The van der Waals surface area contributed by atoms with Gasteiger partial charge in [-0.15, -0.1) is 0 Å². The van der Waals surface area contributed by atoms with E-state index in [0.29, 0.717) is 13.0 Å². The van der Waals surface area contributed by atoms with Gasteiger partial charge in [-0.3, -0.25) is 4.79 Å². The third kappa shape index (κ3) is 3.88. The third-order valence-electron chi connectivity index (χ3n) is 3.62. The summed E-state index contributed by atoms with van der Waals surface area (Å²) in [5, 5.41) is 2.96. The predicted molar refractivity (Wildman–Crippen MR) is 83.6 cm³/mol. The van der Waals surface area contributed by atoms with E-state index in [1.807, 2.05) is 24.3 Å². The summed E-state index contributed by atoms with van der Waals surface area (Å²) in [5.41, 5.74) is 3.34. The van der Waals surface area contributed by atoms with Crippen molar-refractivity contribution >= 4 is 5.91 Å². The maximum Gasteiger partial charge on any atom is 0.224 e. The number of carbonyl (C=O) groups excluding carboxylic acids is 1. The topological polar surface area (TPSA) is 43.3 Å². The number of aromatic nitrogens is 1. The summed E-state index contributed by atoms with van der Waals surface area (Å²) in [7, 11) is 1.62. The van der Waals surface area contributed by atoms with Gasteiger partial charge >= 0.3 is 0 Å². The molecule has 21 heavy (non-hydrogen) atoms. The van der Waals surface area contributed by atoms with Gasteiger partial charge in [0.05, 0.1) is 13.5 Å². The summed E-state index contributed by atoms with van der Waals surface area (Å²) >= 11 is 0. The summed E-state index contributed by atoms with van der Waals surface area (Å²) < 4.78 is 7.45. The lowest BCUT2D eigenvalue weighted by Crippen LogP contribution is -2.29. The van der Waals surface area contributed by atoms with Gasteiger partial charge in [-0.2, -0.15) is 0 Å². The van der Waals surface area contributed by atoms with Crippen LogP contribution in [0.25, 0.3) is 0 Å². The third-order valence-corrected chi connectivity index (χ3v) is 3.62. The molecule has 0 radical (unpaired) electrons. The average molecular weight is 286 g/mol. The summed E-state index contributed by atoms with van der Waals surface area (Å²) in [4.78, 5) is 12.0. The summed E-state index contributed by atoms with van der Waals surface area (Å²) in [6, 6.07) is 11.8. The van der Waals surface area contributed by atoms with Gasteiger partial charge in [0.15, 0.2) is 0 Å². The number of nitrogens with one attached hydrogen (secondary N) is 1. The summed E-state index contributed by atoms with van der Waals surface area (Å²) in [6.07, 6.45) is 0.341. The van der Waals surface area contributed by atoms with Crippen LogP contribution >= 0.6 is 0 Å². The fourth-order valence-electron chi connectivity index (χ4n) is 2.44. The van der Waals surface area contributed by atoms with Crippen LogP contribution < -0.4 is 10.1 Å². The molecule has 0 bridgehead atoms.